The highest BCUT2D eigenvalue weighted by Gasteiger charge is 2.51. The van der Waals surface area contributed by atoms with Gasteiger partial charge < -0.3 is 20.1 Å². The highest BCUT2D eigenvalue weighted by atomic mass is 16.6. The Morgan fingerprint density at radius 2 is 2.00 bits per heavy atom. The number of phenols is 1. The van der Waals surface area contributed by atoms with E-state index in [-0.39, 0.29) is 23.7 Å². The number of amides is 1. The molecule has 6 nitrogen and oxygen atoms in total. The molecule has 2 N–H and O–H groups in total. The highest BCUT2D eigenvalue weighted by molar-refractivity contribution is 5.94. The van der Waals surface area contributed by atoms with Crippen molar-refractivity contribution >= 4 is 11.9 Å². The average molecular weight is 447 g/mol. The summed E-state index contributed by atoms with van der Waals surface area (Å²) in [4.78, 5) is 28.3. The molecule has 6 heteroatoms. The third-order valence-corrected chi connectivity index (χ3v) is 7.04. The number of benzene rings is 2. The fourth-order valence-electron chi connectivity index (χ4n) is 5.52. The summed E-state index contributed by atoms with van der Waals surface area (Å²) in [6, 6.07) is 14.9. The van der Waals surface area contributed by atoms with Crippen LogP contribution in [0.15, 0.2) is 59.7 Å². The molecule has 0 aliphatic carbocycles. The standard InChI is InChI=1S/C27H30N2O4/c1-17(2)14-27(20-6-4-3-5-7-20)23-16-29(11-10-22(23)26(32)33-27)25(31)24-13-18-8-9-21(30)12-19(18)15-28-24/h3-9,12,17,24,28,30H,10-11,13-16H2,1-2H3. The van der Waals surface area contributed by atoms with Crippen LogP contribution in [0.25, 0.3) is 0 Å². The molecule has 0 fully saturated rings. The van der Waals surface area contributed by atoms with Gasteiger partial charge in [0.25, 0.3) is 0 Å². The molecule has 33 heavy (non-hydrogen) atoms. The first-order chi connectivity index (χ1) is 15.9. The summed E-state index contributed by atoms with van der Waals surface area (Å²) in [5.41, 5.74) is 3.94. The predicted molar refractivity (Wildman–Crippen MR) is 124 cm³/mol. The second-order valence-corrected chi connectivity index (χ2v) is 9.74. The predicted octanol–water partition coefficient (Wildman–Crippen LogP) is 3.43. The van der Waals surface area contributed by atoms with E-state index < -0.39 is 5.60 Å². The quantitative estimate of drug-likeness (QED) is 0.704. The first kappa shape index (κ1) is 21.7. The maximum absolute atomic E-state index is 13.5. The molecule has 0 aromatic heterocycles. The van der Waals surface area contributed by atoms with Crippen LogP contribution in [0, 0.1) is 5.92 Å². The monoisotopic (exact) mass is 446 g/mol. The third-order valence-electron chi connectivity index (χ3n) is 7.04. The lowest BCUT2D eigenvalue weighted by atomic mass is 9.77. The minimum Gasteiger partial charge on any atom is -0.508 e. The van der Waals surface area contributed by atoms with Crippen LogP contribution in [-0.4, -0.2) is 41.0 Å². The molecule has 2 aromatic carbocycles. The van der Waals surface area contributed by atoms with Crippen LogP contribution in [0.3, 0.4) is 0 Å². The number of rotatable bonds is 4. The van der Waals surface area contributed by atoms with Crippen molar-refractivity contribution in [2.75, 3.05) is 13.1 Å². The van der Waals surface area contributed by atoms with Crippen LogP contribution in [0.1, 0.15) is 43.4 Å². The van der Waals surface area contributed by atoms with E-state index in [4.69, 9.17) is 4.74 Å². The lowest BCUT2D eigenvalue weighted by Gasteiger charge is -2.38. The van der Waals surface area contributed by atoms with E-state index in [1.807, 2.05) is 41.3 Å². The minimum atomic E-state index is -0.815. The number of hydrogen-bond donors (Lipinski definition) is 2. The number of cyclic esters (lactones) is 1. The Hall–Kier alpha value is -3.12. The Morgan fingerprint density at radius 3 is 2.76 bits per heavy atom. The summed E-state index contributed by atoms with van der Waals surface area (Å²) >= 11 is 0. The first-order valence-corrected chi connectivity index (χ1v) is 11.7. The van der Waals surface area contributed by atoms with Crippen LogP contribution in [0.5, 0.6) is 5.75 Å². The van der Waals surface area contributed by atoms with E-state index in [2.05, 4.69) is 19.2 Å². The lowest BCUT2D eigenvalue weighted by Crippen LogP contribution is -2.52. The second-order valence-electron chi connectivity index (χ2n) is 9.74. The Morgan fingerprint density at radius 1 is 1.21 bits per heavy atom. The number of phenolic OH excluding ortho intramolecular Hbond substituents is 1. The van der Waals surface area contributed by atoms with Gasteiger partial charge in [0.1, 0.15) is 5.75 Å². The topological polar surface area (TPSA) is 78.9 Å². The van der Waals surface area contributed by atoms with Crippen LogP contribution < -0.4 is 5.32 Å². The van der Waals surface area contributed by atoms with Gasteiger partial charge in [0.2, 0.25) is 5.91 Å². The summed E-state index contributed by atoms with van der Waals surface area (Å²) < 4.78 is 6.13. The molecular formula is C27H30N2O4. The largest absolute Gasteiger partial charge is 0.508 e. The van der Waals surface area contributed by atoms with Gasteiger partial charge in [0, 0.05) is 30.8 Å². The fourth-order valence-corrected chi connectivity index (χ4v) is 5.52. The second kappa shape index (κ2) is 8.34. The van der Waals surface area contributed by atoms with Crippen molar-refractivity contribution in [1.29, 1.82) is 0 Å². The number of nitrogens with zero attached hydrogens (tertiary/aromatic N) is 1. The summed E-state index contributed by atoms with van der Waals surface area (Å²) in [5, 5.41) is 13.1. The minimum absolute atomic E-state index is 0.0473. The zero-order valence-corrected chi connectivity index (χ0v) is 19.1. The first-order valence-electron chi connectivity index (χ1n) is 11.7. The van der Waals surface area contributed by atoms with Gasteiger partial charge >= 0.3 is 5.97 Å². The van der Waals surface area contributed by atoms with E-state index in [0.717, 1.165) is 27.8 Å². The molecule has 0 bridgehead atoms. The molecular weight excluding hydrogens is 416 g/mol. The third kappa shape index (κ3) is 3.82. The summed E-state index contributed by atoms with van der Waals surface area (Å²) in [7, 11) is 0. The number of hydrogen-bond acceptors (Lipinski definition) is 5. The molecule has 3 aliphatic heterocycles. The summed E-state index contributed by atoms with van der Waals surface area (Å²) in [6.07, 6.45) is 1.79. The smallest absolute Gasteiger partial charge is 0.335 e. The SMILES string of the molecule is CC(C)CC1(c2ccccc2)OC(=O)C2=C1CN(C(=O)C1Cc3ccc(O)cc3CN1)CC2. The maximum atomic E-state index is 13.5. The molecule has 1 amide bonds. The summed E-state index contributed by atoms with van der Waals surface area (Å²) in [5.74, 6) is 0.352. The molecule has 172 valence electrons. The van der Waals surface area contributed by atoms with Crippen LogP contribution in [-0.2, 0) is 32.9 Å². The number of carbonyl (C=O) groups is 2. The molecule has 2 atom stereocenters. The molecule has 2 aromatic rings. The fraction of sp³-hybridized carbons (Fsp3) is 0.407. The van der Waals surface area contributed by atoms with Crippen molar-refractivity contribution in [2.24, 2.45) is 5.92 Å². The van der Waals surface area contributed by atoms with E-state index in [9.17, 15) is 14.7 Å². The summed E-state index contributed by atoms with van der Waals surface area (Å²) in [6.45, 7) is 5.72. The van der Waals surface area contributed by atoms with Crippen LogP contribution >= 0.6 is 0 Å². The molecule has 3 heterocycles. The Balaban J connectivity index is 1.42. The molecule has 0 spiro atoms. The van der Waals surface area contributed by atoms with Crippen molar-refractivity contribution < 1.29 is 19.4 Å². The molecule has 0 saturated carbocycles. The molecule has 0 radical (unpaired) electrons. The van der Waals surface area contributed by atoms with Crippen LogP contribution in [0.4, 0.5) is 0 Å². The molecule has 3 aliphatic rings. The van der Waals surface area contributed by atoms with Crippen molar-refractivity contribution in [2.45, 2.75) is 51.3 Å². The van der Waals surface area contributed by atoms with E-state index in [1.165, 1.54) is 0 Å². The lowest BCUT2D eigenvalue weighted by molar-refractivity contribution is -0.149. The van der Waals surface area contributed by atoms with Gasteiger partial charge in [-0.15, -0.1) is 0 Å². The number of carbonyl (C=O) groups excluding carboxylic acids is 2. The molecule has 2 unspecified atom stereocenters. The van der Waals surface area contributed by atoms with Crippen molar-refractivity contribution in [3.05, 3.63) is 76.4 Å². The number of nitrogens with one attached hydrogen (secondary N) is 1. The van der Waals surface area contributed by atoms with Crippen molar-refractivity contribution in [3.63, 3.8) is 0 Å². The number of esters is 1. The molecule has 5 rings (SSSR count). The molecule has 0 saturated heterocycles. The number of fused-ring (bicyclic) bond motifs is 1. The Labute approximate surface area is 194 Å². The Bertz CT molecular complexity index is 1120. The number of ether oxygens (including phenoxy) is 1. The van der Waals surface area contributed by atoms with E-state index in [0.29, 0.717) is 44.8 Å². The highest BCUT2D eigenvalue weighted by Crippen LogP contribution is 2.48. The van der Waals surface area contributed by atoms with E-state index >= 15 is 0 Å². The van der Waals surface area contributed by atoms with Crippen molar-refractivity contribution in [3.8, 4) is 5.75 Å². The maximum Gasteiger partial charge on any atom is 0.335 e. The zero-order chi connectivity index (χ0) is 23.2. The van der Waals surface area contributed by atoms with E-state index in [1.54, 1.807) is 12.1 Å². The van der Waals surface area contributed by atoms with Gasteiger partial charge in [0.15, 0.2) is 5.60 Å². The van der Waals surface area contributed by atoms with Crippen molar-refractivity contribution in [1.82, 2.24) is 10.2 Å². The van der Waals surface area contributed by atoms with Crippen LogP contribution in [0.2, 0.25) is 0 Å². The van der Waals surface area contributed by atoms with Gasteiger partial charge in [-0.3, -0.25) is 4.79 Å². The Kier molecular flexibility index (Phi) is 5.49. The average Bonchev–Trinajstić information content (AvgIpc) is 3.10. The van der Waals surface area contributed by atoms with Gasteiger partial charge in [-0.05, 0) is 54.0 Å². The van der Waals surface area contributed by atoms with Gasteiger partial charge in [-0.2, -0.15) is 0 Å². The van der Waals surface area contributed by atoms with Gasteiger partial charge in [-0.1, -0.05) is 50.2 Å². The number of aromatic hydroxyl groups is 1. The van der Waals surface area contributed by atoms with Gasteiger partial charge in [-0.25, -0.2) is 4.79 Å². The van der Waals surface area contributed by atoms with Gasteiger partial charge in [0.05, 0.1) is 6.04 Å². The normalized spacial score (nSPS) is 24.5. The zero-order valence-electron chi connectivity index (χ0n) is 19.1.